The highest BCUT2D eigenvalue weighted by Gasteiger charge is 2.32. The van der Waals surface area contributed by atoms with E-state index in [4.69, 9.17) is 0 Å². The first-order valence-corrected chi connectivity index (χ1v) is 8.15. The Labute approximate surface area is 128 Å². The van der Waals surface area contributed by atoms with Gasteiger partial charge in [0.1, 0.15) is 0 Å². The van der Waals surface area contributed by atoms with E-state index in [1.165, 1.54) is 12.8 Å². The largest absolute Gasteiger partial charge is 0.349 e. The number of piperidine rings is 2. The van der Waals surface area contributed by atoms with Gasteiger partial charge in [-0.2, -0.15) is 0 Å². The summed E-state index contributed by atoms with van der Waals surface area (Å²) in [4.78, 5) is 30.4. The van der Waals surface area contributed by atoms with Crippen LogP contribution in [0.25, 0.3) is 0 Å². The zero-order valence-corrected chi connectivity index (χ0v) is 13.7. The van der Waals surface area contributed by atoms with Crippen LogP contribution >= 0.6 is 0 Å². The van der Waals surface area contributed by atoms with Crippen LogP contribution in [0.2, 0.25) is 0 Å². The Balaban J connectivity index is 1.86. The Hall–Kier alpha value is -1.10. The van der Waals surface area contributed by atoms with Gasteiger partial charge < -0.3 is 14.7 Å². The van der Waals surface area contributed by atoms with Crippen molar-refractivity contribution in [3.63, 3.8) is 0 Å². The average Bonchev–Trinajstić information content (AvgIpc) is 2.45. The maximum Gasteiger partial charge on any atom is 0.226 e. The molecule has 0 bridgehead atoms. The lowest BCUT2D eigenvalue weighted by Crippen LogP contribution is -2.46. The van der Waals surface area contributed by atoms with Crippen molar-refractivity contribution in [2.75, 3.05) is 47.3 Å². The van der Waals surface area contributed by atoms with E-state index >= 15 is 0 Å². The molecule has 2 saturated heterocycles. The van der Waals surface area contributed by atoms with Gasteiger partial charge in [0.05, 0.1) is 0 Å². The molecule has 1 unspecified atom stereocenters. The molecule has 0 saturated carbocycles. The number of nitrogens with zero attached hydrogens (tertiary/aromatic N) is 3. The Morgan fingerprint density at radius 2 is 1.86 bits per heavy atom. The second kappa shape index (κ2) is 7.25. The van der Waals surface area contributed by atoms with E-state index in [9.17, 15) is 9.59 Å². The summed E-state index contributed by atoms with van der Waals surface area (Å²) in [5.41, 5.74) is 0. The van der Waals surface area contributed by atoms with Crippen molar-refractivity contribution in [3.05, 3.63) is 0 Å². The fraction of sp³-hybridized carbons (Fsp3) is 0.875. The van der Waals surface area contributed by atoms with Crippen LogP contribution in [-0.2, 0) is 9.59 Å². The third-order valence-electron chi connectivity index (χ3n) is 4.88. The second-order valence-corrected chi connectivity index (χ2v) is 6.86. The predicted octanol–water partition coefficient (Wildman–Crippen LogP) is 1.05. The summed E-state index contributed by atoms with van der Waals surface area (Å²) >= 11 is 0. The fourth-order valence-corrected chi connectivity index (χ4v) is 3.34. The quantitative estimate of drug-likeness (QED) is 0.778. The molecular weight excluding hydrogens is 266 g/mol. The molecule has 2 rings (SSSR count). The molecule has 0 aromatic heterocycles. The monoisotopic (exact) mass is 295 g/mol. The Bertz CT molecular complexity index is 376. The van der Waals surface area contributed by atoms with Crippen molar-refractivity contribution in [2.24, 2.45) is 11.8 Å². The second-order valence-electron chi connectivity index (χ2n) is 6.86. The Morgan fingerprint density at radius 1 is 1.19 bits per heavy atom. The molecule has 2 heterocycles. The molecule has 120 valence electrons. The molecule has 0 radical (unpaired) electrons. The van der Waals surface area contributed by atoms with Crippen molar-refractivity contribution in [1.29, 1.82) is 0 Å². The zero-order chi connectivity index (χ0) is 15.4. The maximum absolute atomic E-state index is 12.6. The number of likely N-dealkylation sites (tertiary alicyclic amines) is 2. The lowest BCUT2D eigenvalue weighted by Gasteiger charge is -2.37. The van der Waals surface area contributed by atoms with Gasteiger partial charge in [-0.05, 0) is 51.7 Å². The minimum atomic E-state index is -0.0973. The first-order chi connectivity index (χ1) is 9.97. The van der Waals surface area contributed by atoms with Crippen LogP contribution < -0.4 is 0 Å². The van der Waals surface area contributed by atoms with Crippen LogP contribution in [0.3, 0.4) is 0 Å². The number of hydrogen-bond donors (Lipinski definition) is 0. The number of hydrogen-bond acceptors (Lipinski definition) is 3. The smallest absolute Gasteiger partial charge is 0.226 e. The molecule has 0 aromatic carbocycles. The van der Waals surface area contributed by atoms with E-state index in [1.807, 2.05) is 4.90 Å². The van der Waals surface area contributed by atoms with E-state index in [-0.39, 0.29) is 17.7 Å². The summed E-state index contributed by atoms with van der Waals surface area (Å²) in [5, 5.41) is 0. The molecule has 2 aliphatic heterocycles. The normalized spacial score (nSPS) is 25.2. The molecule has 2 aliphatic rings. The van der Waals surface area contributed by atoms with Crippen molar-refractivity contribution < 1.29 is 9.59 Å². The minimum Gasteiger partial charge on any atom is -0.349 e. The average molecular weight is 295 g/mol. The SMILES string of the molecule is CN1CCC(CN2CCCC(CC(=O)N(C)C)C2=O)CC1. The van der Waals surface area contributed by atoms with E-state index in [2.05, 4.69) is 11.9 Å². The van der Waals surface area contributed by atoms with Crippen LogP contribution in [0, 0.1) is 11.8 Å². The Morgan fingerprint density at radius 3 is 2.48 bits per heavy atom. The summed E-state index contributed by atoms with van der Waals surface area (Å²) < 4.78 is 0. The minimum absolute atomic E-state index is 0.0643. The van der Waals surface area contributed by atoms with Crippen LogP contribution in [0.1, 0.15) is 32.1 Å². The molecule has 0 spiro atoms. The van der Waals surface area contributed by atoms with Gasteiger partial charge in [-0.3, -0.25) is 9.59 Å². The molecule has 2 fully saturated rings. The van der Waals surface area contributed by atoms with Gasteiger partial charge in [0.25, 0.3) is 0 Å². The number of carbonyl (C=O) groups excluding carboxylic acids is 2. The van der Waals surface area contributed by atoms with Crippen LogP contribution in [0.4, 0.5) is 0 Å². The number of carbonyl (C=O) groups is 2. The van der Waals surface area contributed by atoms with Crippen molar-refractivity contribution in [1.82, 2.24) is 14.7 Å². The number of amides is 2. The van der Waals surface area contributed by atoms with Gasteiger partial charge >= 0.3 is 0 Å². The zero-order valence-electron chi connectivity index (χ0n) is 13.7. The van der Waals surface area contributed by atoms with Gasteiger partial charge in [0.15, 0.2) is 0 Å². The highest BCUT2D eigenvalue weighted by atomic mass is 16.2. The van der Waals surface area contributed by atoms with E-state index in [1.54, 1.807) is 19.0 Å². The highest BCUT2D eigenvalue weighted by Crippen LogP contribution is 2.25. The van der Waals surface area contributed by atoms with Crippen LogP contribution in [0.15, 0.2) is 0 Å². The lowest BCUT2D eigenvalue weighted by atomic mass is 9.90. The van der Waals surface area contributed by atoms with Crippen molar-refractivity contribution in [3.8, 4) is 0 Å². The van der Waals surface area contributed by atoms with Gasteiger partial charge in [-0.25, -0.2) is 0 Å². The fourth-order valence-electron chi connectivity index (χ4n) is 3.34. The van der Waals surface area contributed by atoms with E-state index < -0.39 is 0 Å². The third kappa shape index (κ3) is 4.43. The summed E-state index contributed by atoms with van der Waals surface area (Å²) in [6, 6.07) is 0. The maximum atomic E-state index is 12.6. The number of rotatable bonds is 4. The molecule has 5 heteroatoms. The molecule has 5 nitrogen and oxygen atoms in total. The molecular formula is C16H29N3O2. The van der Waals surface area contributed by atoms with E-state index in [0.717, 1.165) is 39.0 Å². The van der Waals surface area contributed by atoms with Crippen molar-refractivity contribution >= 4 is 11.8 Å². The predicted molar refractivity (Wildman–Crippen MR) is 82.8 cm³/mol. The van der Waals surface area contributed by atoms with Crippen LogP contribution in [-0.4, -0.2) is 73.8 Å². The molecule has 1 atom stereocenters. The van der Waals surface area contributed by atoms with Gasteiger partial charge in [0.2, 0.25) is 11.8 Å². The van der Waals surface area contributed by atoms with Gasteiger partial charge in [0, 0.05) is 39.5 Å². The Kier molecular flexibility index (Phi) is 5.62. The van der Waals surface area contributed by atoms with Gasteiger partial charge in [-0.15, -0.1) is 0 Å². The third-order valence-corrected chi connectivity index (χ3v) is 4.88. The molecule has 21 heavy (non-hydrogen) atoms. The first-order valence-electron chi connectivity index (χ1n) is 8.15. The molecule has 0 N–H and O–H groups in total. The van der Waals surface area contributed by atoms with Crippen LogP contribution in [0.5, 0.6) is 0 Å². The molecule has 0 aliphatic carbocycles. The standard InChI is InChI=1S/C16H29N3O2/c1-17(2)15(20)11-14-5-4-8-19(16(14)21)12-13-6-9-18(3)10-7-13/h13-14H,4-12H2,1-3H3. The lowest BCUT2D eigenvalue weighted by molar-refractivity contribution is -0.143. The topological polar surface area (TPSA) is 43.9 Å². The summed E-state index contributed by atoms with van der Waals surface area (Å²) in [6.45, 7) is 4.03. The molecule has 2 amide bonds. The first kappa shape index (κ1) is 16.3. The molecule has 0 aromatic rings. The van der Waals surface area contributed by atoms with Crippen molar-refractivity contribution in [2.45, 2.75) is 32.1 Å². The summed E-state index contributed by atoms with van der Waals surface area (Å²) in [6.07, 6.45) is 4.63. The van der Waals surface area contributed by atoms with Gasteiger partial charge in [-0.1, -0.05) is 0 Å². The summed E-state index contributed by atoms with van der Waals surface area (Å²) in [5.74, 6) is 0.804. The highest BCUT2D eigenvalue weighted by molar-refractivity contribution is 5.86. The van der Waals surface area contributed by atoms with E-state index in [0.29, 0.717) is 12.3 Å². The summed E-state index contributed by atoms with van der Waals surface area (Å²) in [7, 11) is 5.67.